The fraction of sp³-hybridized carbons (Fsp3) is 0.0833. The van der Waals surface area contributed by atoms with Gasteiger partial charge in [-0.2, -0.15) is 0 Å². The molecule has 32 heavy (non-hydrogen) atoms. The van der Waals surface area contributed by atoms with Gasteiger partial charge in [0.25, 0.3) is 11.6 Å². The lowest BCUT2D eigenvalue weighted by Crippen LogP contribution is -2.17. The van der Waals surface area contributed by atoms with Crippen LogP contribution in [0, 0.1) is 10.1 Å². The van der Waals surface area contributed by atoms with Gasteiger partial charge in [0.2, 0.25) is 5.91 Å². The highest BCUT2D eigenvalue weighted by atomic mass is 16.6. The quantitative estimate of drug-likeness (QED) is 0.299. The summed E-state index contributed by atoms with van der Waals surface area (Å²) in [6, 6.07) is 19.5. The number of nitro benzene ring substituents is 1. The maximum Gasteiger partial charge on any atom is 0.270 e. The summed E-state index contributed by atoms with van der Waals surface area (Å²) >= 11 is 0. The molecule has 0 radical (unpaired) electrons. The van der Waals surface area contributed by atoms with Gasteiger partial charge in [0.1, 0.15) is 5.75 Å². The lowest BCUT2D eigenvalue weighted by atomic mass is 10.1. The molecule has 0 bridgehead atoms. The first-order valence-corrected chi connectivity index (χ1v) is 9.83. The number of nitrogens with one attached hydrogen (secondary N) is 2. The second kappa shape index (κ2) is 10.5. The first-order chi connectivity index (χ1) is 15.5. The monoisotopic (exact) mass is 431 g/mol. The third-order valence-corrected chi connectivity index (χ3v) is 4.36. The van der Waals surface area contributed by atoms with E-state index in [2.05, 4.69) is 10.6 Å². The molecular formula is C24H21N3O5. The topological polar surface area (TPSA) is 111 Å². The van der Waals surface area contributed by atoms with Crippen LogP contribution >= 0.6 is 0 Å². The summed E-state index contributed by atoms with van der Waals surface area (Å²) in [5, 5.41) is 16.3. The molecule has 8 nitrogen and oxygen atoms in total. The molecule has 8 heteroatoms. The van der Waals surface area contributed by atoms with Crippen LogP contribution in [-0.2, 0) is 4.79 Å². The Morgan fingerprint density at radius 1 is 1.00 bits per heavy atom. The number of para-hydroxylation sites is 1. The molecule has 0 aromatic heterocycles. The van der Waals surface area contributed by atoms with Crippen molar-refractivity contribution in [2.45, 2.75) is 6.92 Å². The van der Waals surface area contributed by atoms with Crippen molar-refractivity contribution < 1.29 is 19.2 Å². The standard InChI is InChI=1S/C24H21N3O5/c1-2-32-20-13-11-18(12-14-20)25-24(29)21-8-3-4-9-22(21)26-23(28)15-10-17-6-5-7-19(16-17)27(30)31/h3-16H,2H2,1H3,(H,25,29)(H,26,28)/b15-10+. The summed E-state index contributed by atoms with van der Waals surface area (Å²) < 4.78 is 5.39. The predicted octanol–water partition coefficient (Wildman–Crippen LogP) is 4.90. The van der Waals surface area contributed by atoms with E-state index in [-0.39, 0.29) is 11.6 Å². The number of nitro groups is 1. The average molecular weight is 431 g/mol. The van der Waals surface area contributed by atoms with E-state index < -0.39 is 10.8 Å². The van der Waals surface area contributed by atoms with Crippen molar-refractivity contribution in [2.24, 2.45) is 0 Å². The zero-order valence-electron chi connectivity index (χ0n) is 17.3. The number of amides is 2. The molecule has 2 N–H and O–H groups in total. The number of ether oxygens (including phenoxy) is 1. The summed E-state index contributed by atoms with van der Waals surface area (Å²) in [5.41, 5.74) is 1.66. The first kappa shape index (κ1) is 22.2. The molecule has 0 spiro atoms. The Morgan fingerprint density at radius 3 is 2.47 bits per heavy atom. The number of hydrogen-bond donors (Lipinski definition) is 2. The number of carbonyl (C=O) groups is 2. The normalized spacial score (nSPS) is 10.5. The van der Waals surface area contributed by atoms with E-state index in [1.54, 1.807) is 54.6 Å². The molecule has 3 aromatic rings. The average Bonchev–Trinajstić information content (AvgIpc) is 2.79. The molecule has 0 unspecified atom stereocenters. The maximum absolute atomic E-state index is 12.7. The molecular weight excluding hydrogens is 410 g/mol. The van der Waals surface area contributed by atoms with E-state index in [1.807, 2.05) is 6.92 Å². The largest absolute Gasteiger partial charge is 0.494 e. The van der Waals surface area contributed by atoms with Crippen molar-refractivity contribution in [1.29, 1.82) is 0 Å². The first-order valence-electron chi connectivity index (χ1n) is 9.83. The molecule has 0 fully saturated rings. The van der Waals surface area contributed by atoms with Gasteiger partial charge in [-0.25, -0.2) is 0 Å². The third kappa shape index (κ3) is 6.02. The number of non-ortho nitro benzene ring substituents is 1. The summed E-state index contributed by atoms with van der Waals surface area (Å²) in [5.74, 6) is -0.153. The van der Waals surface area contributed by atoms with Crippen LogP contribution in [0.4, 0.5) is 17.1 Å². The highest BCUT2D eigenvalue weighted by molar-refractivity contribution is 6.11. The van der Waals surface area contributed by atoms with Gasteiger partial charge in [0, 0.05) is 23.9 Å². The minimum Gasteiger partial charge on any atom is -0.494 e. The van der Waals surface area contributed by atoms with Crippen LogP contribution in [0.5, 0.6) is 5.75 Å². The number of anilines is 2. The van der Waals surface area contributed by atoms with Crippen molar-refractivity contribution >= 4 is 35.0 Å². The van der Waals surface area contributed by atoms with Gasteiger partial charge >= 0.3 is 0 Å². The number of hydrogen-bond acceptors (Lipinski definition) is 5. The molecule has 3 rings (SSSR count). The van der Waals surface area contributed by atoms with Crippen LogP contribution in [0.3, 0.4) is 0 Å². The van der Waals surface area contributed by atoms with Crippen LogP contribution < -0.4 is 15.4 Å². The Kier molecular flexibility index (Phi) is 7.32. The van der Waals surface area contributed by atoms with Gasteiger partial charge in [0.05, 0.1) is 22.8 Å². The molecule has 0 saturated heterocycles. The summed E-state index contributed by atoms with van der Waals surface area (Å²) in [7, 11) is 0. The van der Waals surface area contributed by atoms with Gasteiger partial charge in [-0.05, 0) is 55.0 Å². The van der Waals surface area contributed by atoms with E-state index in [1.165, 1.54) is 30.4 Å². The second-order valence-corrected chi connectivity index (χ2v) is 6.63. The van der Waals surface area contributed by atoms with Gasteiger partial charge in [-0.15, -0.1) is 0 Å². The fourth-order valence-corrected chi connectivity index (χ4v) is 2.88. The highest BCUT2D eigenvalue weighted by Gasteiger charge is 2.13. The number of benzene rings is 3. The molecule has 0 aliphatic heterocycles. The van der Waals surface area contributed by atoms with Crippen molar-refractivity contribution in [3.8, 4) is 5.75 Å². The highest BCUT2D eigenvalue weighted by Crippen LogP contribution is 2.20. The van der Waals surface area contributed by atoms with Crippen LogP contribution in [0.1, 0.15) is 22.8 Å². The molecule has 0 aliphatic rings. The predicted molar refractivity (Wildman–Crippen MR) is 123 cm³/mol. The molecule has 2 amide bonds. The molecule has 0 atom stereocenters. The molecule has 3 aromatic carbocycles. The van der Waals surface area contributed by atoms with Gasteiger partial charge in [-0.1, -0.05) is 24.3 Å². The summed E-state index contributed by atoms with van der Waals surface area (Å²) in [6.45, 7) is 2.44. The number of carbonyl (C=O) groups excluding carboxylic acids is 2. The smallest absolute Gasteiger partial charge is 0.270 e. The minimum absolute atomic E-state index is 0.0659. The van der Waals surface area contributed by atoms with Crippen LogP contribution in [0.2, 0.25) is 0 Å². The van der Waals surface area contributed by atoms with Gasteiger partial charge in [-0.3, -0.25) is 19.7 Å². The van der Waals surface area contributed by atoms with Crippen LogP contribution in [0.15, 0.2) is 78.9 Å². The minimum atomic E-state index is -0.503. The Hall–Kier alpha value is -4.46. The van der Waals surface area contributed by atoms with E-state index in [9.17, 15) is 19.7 Å². The van der Waals surface area contributed by atoms with Gasteiger partial charge < -0.3 is 15.4 Å². The Morgan fingerprint density at radius 2 is 1.75 bits per heavy atom. The summed E-state index contributed by atoms with van der Waals surface area (Å²) in [4.78, 5) is 35.5. The maximum atomic E-state index is 12.7. The molecule has 0 heterocycles. The second-order valence-electron chi connectivity index (χ2n) is 6.63. The fourth-order valence-electron chi connectivity index (χ4n) is 2.88. The lowest BCUT2D eigenvalue weighted by Gasteiger charge is -2.11. The zero-order valence-corrected chi connectivity index (χ0v) is 17.3. The molecule has 0 aliphatic carbocycles. The molecule has 162 valence electrons. The van der Waals surface area contributed by atoms with Crippen molar-refractivity contribution in [1.82, 2.24) is 0 Å². The third-order valence-electron chi connectivity index (χ3n) is 4.36. The SMILES string of the molecule is CCOc1ccc(NC(=O)c2ccccc2NC(=O)/C=C/c2cccc([N+](=O)[O-])c2)cc1. The van der Waals surface area contributed by atoms with Gasteiger partial charge in [0.15, 0.2) is 0 Å². The van der Waals surface area contributed by atoms with Crippen LogP contribution in [-0.4, -0.2) is 23.3 Å². The zero-order chi connectivity index (χ0) is 22.9. The van der Waals surface area contributed by atoms with Crippen molar-refractivity contribution in [3.05, 3.63) is 100 Å². The summed E-state index contributed by atoms with van der Waals surface area (Å²) in [6.07, 6.45) is 2.71. The number of rotatable bonds is 8. The Bertz CT molecular complexity index is 1160. The molecule has 0 saturated carbocycles. The van der Waals surface area contributed by atoms with Crippen molar-refractivity contribution in [3.63, 3.8) is 0 Å². The van der Waals surface area contributed by atoms with Crippen molar-refractivity contribution in [2.75, 3.05) is 17.2 Å². The number of nitrogens with zero attached hydrogens (tertiary/aromatic N) is 1. The van der Waals surface area contributed by atoms with E-state index in [0.29, 0.717) is 34.9 Å². The Labute approximate surface area is 184 Å². The van der Waals surface area contributed by atoms with E-state index in [0.717, 1.165) is 0 Å². The lowest BCUT2D eigenvalue weighted by molar-refractivity contribution is -0.384. The van der Waals surface area contributed by atoms with E-state index in [4.69, 9.17) is 4.74 Å². The van der Waals surface area contributed by atoms with E-state index >= 15 is 0 Å². The Balaban J connectivity index is 1.69. The van der Waals surface area contributed by atoms with Crippen LogP contribution in [0.25, 0.3) is 6.08 Å².